The lowest BCUT2D eigenvalue weighted by Crippen LogP contribution is -2.35. The molecular formula is C16H18N6O. The van der Waals surface area contributed by atoms with Crippen molar-refractivity contribution in [3.63, 3.8) is 0 Å². The first-order chi connectivity index (χ1) is 11.1. The third-order valence-electron chi connectivity index (χ3n) is 3.63. The number of nitrogens with zero attached hydrogens (tertiary/aromatic N) is 5. The summed E-state index contributed by atoms with van der Waals surface area (Å²) in [5.41, 5.74) is 0.859. The Kier molecular flexibility index (Phi) is 4.18. The van der Waals surface area contributed by atoms with Crippen molar-refractivity contribution in [3.8, 4) is 0 Å². The van der Waals surface area contributed by atoms with Crippen LogP contribution in [0.25, 0.3) is 10.9 Å². The summed E-state index contributed by atoms with van der Waals surface area (Å²) in [5, 5.41) is 3.79. The lowest BCUT2D eigenvalue weighted by atomic mass is 10.2. The van der Waals surface area contributed by atoms with E-state index >= 15 is 0 Å². The van der Waals surface area contributed by atoms with E-state index in [-0.39, 0.29) is 12.5 Å². The summed E-state index contributed by atoms with van der Waals surface area (Å²) in [6.07, 6.45) is 5.07. The molecule has 0 atom stereocenters. The van der Waals surface area contributed by atoms with Gasteiger partial charge in [0.15, 0.2) is 0 Å². The number of aryl methyl sites for hydroxylation is 1. The van der Waals surface area contributed by atoms with Gasteiger partial charge in [0, 0.05) is 31.9 Å². The van der Waals surface area contributed by atoms with Gasteiger partial charge in [-0.15, -0.1) is 0 Å². The van der Waals surface area contributed by atoms with E-state index in [4.69, 9.17) is 0 Å². The average molecular weight is 310 g/mol. The number of carbonyl (C=O) groups excluding carboxylic acids is 1. The number of nitrogens with one attached hydrogen (secondary N) is 1. The van der Waals surface area contributed by atoms with Crippen molar-refractivity contribution in [2.75, 3.05) is 18.5 Å². The SMILES string of the molecule is CN(CC(=O)NCc1nccn1C)c1ncnc2ccccc12. The maximum atomic E-state index is 12.1. The van der Waals surface area contributed by atoms with E-state index in [0.717, 1.165) is 22.5 Å². The van der Waals surface area contributed by atoms with E-state index in [2.05, 4.69) is 20.3 Å². The molecule has 0 aliphatic heterocycles. The van der Waals surface area contributed by atoms with E-state index in [1.54, 1.807) is 6.20 Å². The maximum absolute atomic E-state index is 12.1. The molecule has 3 rings (SSSR count). The topological polar surface area (TPSA) is 75.9 Å². The van der Waals surface area contributed by atoms with E-state index in [1.807, 2.05) is 54.0 Å². The summed E-state index contributed by atoms with van der Waals surface area (Å²) >= 11 is 0. The second-order valence-corrected chi connectivity index (χ2v) is 5.30. The molecule has 7 nitrogen and oxygen atoms in total. The lowest BCUT2D eigenvalue weighted by Gasteiger charge is -2.19. The van der Waals surface area contributed by atoms with E-state index < -0.39 is 0 Å². The zero-order chi connectivity index (χ0) is 16.2. The molecule has 7 heteroatoms. The molecule has 0 saturated heterocycles. The zero-order valence-corrected chi connectivity index (χ0v) is 13.1. The molecule has 118 valence electrons. The Hall–Kier alpha value is -2.96. The molecule has 0 radical (unpaired) electrons. The Labute approximate surface area is 134 Å². The third kappa shape index (κ3) is 3.28. The normalized spacial score (nSPS) is 10.7. The first kappa shape index (κ1) is 15.0. The fourth-order valence-electron chi connectivity index (χ4n) is 2.39. The van der Waals surface area contributed by atoms with Crippen LogP contribution in [0.15, 0.2) is 43.0 Å². The second kappa shape index (κ2) is 6.43. The van der Waals surface area contributed by atoms with Crippen LogP contribution in [0, 0.1) is 0 Å². The predicted octanol–water partition coefficient (Wildman–Crippen LogP) is 1.12. The minimum atomic E-state index is -0.0850. The third-order valence-corrected chi connectivity index (χ3v) is 3.63. The Bertz CT molecular complexity index is 823. The molecule has 0 spiro atoms. The molecule has 0 aliphatic carbocycles. The number of hydrogen-bond donors (Lipinski definition) is 1. The summed E-state index contributed by atoms with van der Waals surface area (Å²) in [7, 11) is 3.74. The van der Waals surface area contributed by atoms with Crippen LogP contribution >= 0.6 is 0 Å². The molecule has 1 N–H and O–H groups in total. The van der Waals surface area contributed by atoms with Gasteiger partial charge in [-0.25, -0.2) is 15.0 Å². The highest BCUT2D eigenvalue weighted by Crippen LogP contribution is 2.20. The van der Waals surface area contributed by atoms with Crippen LogP contribution in [0.1, 0.15) is 5.82 Å². The fraction of sp³-hybridized carbons (Fsp3) is 0.250. The highest BCUT2D eigenvalue weighted by atomic mass is 16.2. The largest absolute Gasteiger partial charge is 0.350 e. The Balaban J connectivity index is 1.67. The van der Waals surface area contributed by atoms with Gasteiger partial charge in [-0.3, -0.25) is 4.79 Å². The lowest BCUT2D eigenvalue weighted by molar-refractivity contribution is -0.119. The highest BCUT2D eigenvalue weighted by molar-refractivity contribution is 5.91. The summed E-state index contributed by atoms with van der Waals surface area (Å²) in [5.74, 6) is 1.47. The van der Waals surface area contributed by atoms with E-state index in [1.165, 1.54) is 6.33 Å². The first-order valence-corrected chi connectivity index (χ1v) is 7.29. The van der Waals surface area contributed by atoms with Crippen LogP contribution in [0.2, 0.25) is 0 Å². The molecule has 0 unspecified atom stereocenters. The standard InChI is InChI=1S/C16H18N6O/c1-21-8-7-17-14(21)9-18-15(23)10-22(2)16-12-5-3-4-6-13(12)19-11-20-16/h3-8,11H,9-10H2,1-2H3,(H,18,23). The van der Waals surface area contributed by atoms with Crippen LogP contribution < -0.4 is 10.2 Å². The number of fused-ring (bicyclic) bond motifs is 1. The Morgan fingerprint density at radius 2 is 2.09 bits per heavy atom. The molecule has 2 aromatic heterocycles. The quantitative estimate of drug-likeness (QED) is 0.764. The molecule has 1 aromatic carbocycles. The second-order valence-electron chi connectivity index (χ2n) is 5.30. The fourth-order valence-corrected chi connectivity index (χ4v) is 2.39. The van der Waals surface area contributed by atoms with Gasteiger partial charge >= 0.3 is 0 Å². The van der Waals surface area contributed by atoms with Gasteiger partial charge in [-0.05, 0) is 12.1 Å². The van der Waals surface area contributed by atoms with Crippen molar-refractivity contribution in [2.24, 2.45) is 7.05 Å². The first-order valence-electron chi connectivity index (χ1n) is 7.29. The van der Waals surface area contributed by atoms with Gasteiger partial charge in [0.2, 0.25) is 5.91 Å². The van der Waals surface area contributed by atoms with Crippen LogP contribution in [-0.4, -0.2) is 39.0 Å². The van der Waals surface area contributed by atoms with Gasteiger partial charge in [0.05, 0.1) is 18.6 Å². The molecule has 23 heavy (non-hydrogen) atoms. The van der Waals surface area contributed by atoms with E-state index in [9.17, 15) is 4.79 Å². The number of para-hydroxylation sites is 1. The number of hydrogen-bond acceptors (Lipinski definition) is 5. The molecule has 1 amide bonds. The number of anilines is 1. The van der Waals surface area contributed by atoms with Gasteiger partial charge in [0.25, 0.3) is 0 Å². The van der Waals surface area contributed by atoms with Gasteiger partial charge < -0.3 is 14.8 Å². The van der Waals surface area contributed by atoms with Crippen LogP contribution in [-0.2, 0) is 18.4 Å². The molecular weight excluding hydrogens is 292 g/mol. The monoisotopic (exact) mass is 310 g/mol. The van der Waals surface area contributed by atoms with Gasteiger partial charge in [0.1, 0.15) is 18.0 Å². The van der Waals surface area contributed by atoms with Crippen LogP contribution in [0.5, 0.6) is 0 Å². The minimum absolute atomic E-state index is 0.0850. The number of aromatic nitrogens is 4. The predicted molar refractivity (Wildman–Crippen MR) is 87.9 cm³/mol. The van der Waals surface area contributed by atoms with Crippen molar-refractivity contribution >= 4 is 22.6 Å². The van der Waals surface area contributed by atoms with Crippen molar-refractivity contribution in [1.82, 2.24) is 24.8 Å². The summed E-state index contributed by atoms with van der Waals surface area (Å²) in [4.78, 5) is 26.7. The molecule has 2 heterocycles. The number of rotatable bonds is 5. The van der Waals surface area contributed by atoms with Crippen molar-refractivity contribution in [3.05, 3.63) is 48.8 Å². The zero-order valence-electron chi connectivity index (χ0n) is 13.1. The van der Waals surface area contributed by atoms with Crippen molar-refractivity contribution in [1.29, 1.82) is 0 Å². The van der Waals surface area contributed by atoms with Crippen LogP contribution in [0.4, 0.5) is 5.82 Å². The van der Waals surface area contributed by atoms with Gasteiger partial charge in [-0.2, -0.15) is 0 Å². The number of carbonyl (C=O) groups is 1. The maximum Gasteiger partial charge on any atom is 0.239 e. The molecule has 0 aliphatic rings. The molecule has 0 saturated carbocycles. The number of likely N-dealkylation sites (N-methyl/N-ethyl adjacent to an activating group) is 1. The minimum Gasteiger partial charge on any atom is -0.350 e. The summed E-state index contributed by atoms with van der Waals surface area (Å²) in [6, 6.07) is 7.74. The Morgan fingerprint density at radius 1 is 1.26 bits per heavy atom. The number of amides is 1. The number of imidazole rings is 1. The van der Waals surface area contributed by atoms with Crippen molar-refractivity contribution in [2.45, 2.75) is 6.54 Å². The smallest absolute Gasteiger partial charge is 0.239 e. The molecule has 3 aromatic rings. The highest BCUT2D eigenvalue weighted by Gasteiger charge is 2.12. The number of benzene rings is 1. The van der Waals surface area contributed by atoms with Crippen LogP contribution in [0.3, 0.4) is 0 Å². The Morgan fingerprint density at radius 3 is 2.87 bits per heavy atom. The van der Waals surface area contributed by atoms with Gasteiger partial charge in [-0.1, -0.05) is 12.1 Å². The van der Waals surface area contributed by atoms with Crippen molar-refractivity contribution < 1.29 is 4.79 Å². The molecule has 0 fully saturated rings. The van der Waals surface area contributed by atoms with E-state index in [0.29, 0.717) is 6.54 Å². The summed E-state index contributed by atoms with van der Waals surface area (Å²) in [6.45, 7) is 0.617. The molecule has 0 bridgehead atoms. The average Bonchev–Trinajstić information content (AvgIpc) is 2.97. The summed E-state index contributed by atoms with van der Waals surface area (Å²) < 4.78 is 1.88.